The summed E-state index contributed by atoms with van der Waals surface area (Å²) in [5, 5.41) is 3.24. The molecule has 0 heterocycles. The first-order valence-electron chi connectivity index (χ1n) is 16.9. The van der Waals surface area contributed by atoms with Crippen molar-refractivity contribution in [3.8, 4) is 22.3 Å². The summed E-state index contributed by atoms with van der Waals surface area (Å²) in [6.07, 6.45) is 7.08. The highest BCUT2D eigenvalue weighted by Crippen LogP contribution is 2.54. The molecule has 2 aliphatic carbocycles. The third-order valence-corrected chi connectivity index (χ3v) is 13.8. The number of rotatable bonds is 6. The molecule has 0 saturated heterocycles. The minimum atomic E-state index is -2.22. The SMILES string of the molecule is CCC1=C([Si](C)(C)C2=C(CC)[CH]c3cccc(-c4ccc(C(C)(C)C)cc4)c32)c2c(cccc2-c2ccc(C(C)(C)C)cc2)[CH]1. The quantitative estimate of drug-likeness (QED) is 0.192. The summed E-state index contributed by atoms with van der Waals surface area (Å²) in [4.78, 5) is 0. The zero-order valence-corrected chi connectivity index (χ0v) is 30.2. The van der Waals surface area contributed by atoms with Crippen LogP contribution in [0.2, 0.25) is 13.1 Å². The van der Waals surface area contributed by atoms with E-state index in [2.05, 4.69) is 166 Å². The van der Waals surface area contributed by atoms with E-state index in [1.807, 2.05) is 0 Å². The average Bonchev–Trinajstić information content (AvgIpc) is 3.60. The van der Waals surface area contributed by atoms with Crippen LogP contribution in [-0.4, -0.2) is 8.07 Å². The van der Waals surface area contributed by atoms with Crippen LogP contribution in [-0.2, 0) is 10.8 Å². The van der Waals surface area contributed by atoms with Gasteiger partial charge in [-0.05, 0) is 89.7 Å². The predicted octanol–water partition coefficient (Wildman–Crippen LogP) is 12.6. The predicted molar refractivity (Wildman–Crippen MR) is 200 cm³/mol. The molecule has 0 fully saturated rings. The topological polar surface area (TPSA) is 0 Å². The molecule has 0 spiro atoms. The van der Waals surface area contributed by atoms with Crippen LogP contribution in [0.25, 0.3) is 32.6 Å². The third-order valence-electron chi connectivity index (χ3n) is 10.1. The van der Waals surface area contributed by atoms with Crippen LogP contribution in [0.4, 0.5) is 0 Å². The standard InChI is InChI=1S/C44H50Si/c1-11-29-27-33-15-13-17-37(31-19-23-35(24-20-31)43(3,4)5)39(33)41(29)45(9,10)42-30(12-2)28-34-16-14-18-38(40(34)42)32-21-25-36(26-22-32)44(6,7)8/h13-28H,11-12H2,1-10H3. The molecule has 6 rings (SSSR count). The van der Waals surface area contributed by atoms with E-state index in [1.165, 1.54) is 66.8 Å². The molecule has 4 aromatic rings. The summed E-state index contributed by atoms with van der Waals surface area (Å²) in [5.74, 6) is 0. The Labute approximate surface area is 274 Å². The van der Waals surface area contributed by atoms with Crippen molar-refractivity contribution >= 4 is 18.5 Å². The van der Waals surface area contributed by atoms with Gasteiger partial charge >= 0.3 is 0 Å². The Hall–Kier alpha value is -3.42. The van der Waals surface area contributed by atoms with Crippen LogP contribution in [0.1, 0.15) is 102 Å². The van der Waals surface area contributed by atoms with Gasteiger partial charge in [-0.1, -0.05) is 165 Å². The molecule has 4 aromatic carbocycles. The molecule has 0 aliphatic heterocycles. The molecule has 0 amide bonds. The van der Waals surface area contributed by atoms with E-state index >= 15 is 0 Å². The molecule has 0 atom stereocenters. The second-order valence-corrected chi connectivity index (χ2v) is 19.9. The van der Waals surface area contributed by atoms with Crippen molar-refractivity contribution < 1.29 is 0 Å². The highest BCUT2D eigenvalue weighted by Gasteiger charge is 2.43. The molecule has 0 unspecified atom stereocenters. The summed E-state index contributed by atoms with van der Waals surface area (Å²) in [6, 6.07) is 32.6. The molecule has 0 saturated carbocycles. The first kappa shape index (κ1) is 31.6. The number of fused-ring (bicyclic) bond motifs is 2. The Bertz CT molecular complexity index is 1680. The second kappa shape index (κ2) is 11.4. The lowest BCUT2D eigenvalue weighted by molar-refractivity contribution is 0.590. The van der Waals surface area contributed by atoms with Gasteiger partial charge in [-0.3, -0.25) is 0 Å². The molecular formula is C44H50Si. The number of hydrogen-bond acceptors (Lipinski definition) is 0. The fraction of sp³-hybridized carbons (Fsp3) is 0.318. The van der Waals surface area contributed by atoms with Crippen molar-refractivity contribution in [3.05, 3.63) is 142 Å². The van der Waals surface area contributed by atoms with E-state index in [0.717, 1.165) is 12.8 Å². The maximum absolute atomic E-state index is 2.62. The van der Waals surface area contributed by atoms with Gasteiger partial charge in [0.1, 0.15) is 8.07 Å². The second-order valence-electron chi connectivity index (χ2n) is 15.6. The van der Waals surface area contributed by atoms with Crippen LogP contribution in [0.5, 0.6) is 0 Å². The highest BCUT2D eigenvalue weighted by atomic mass is 28.3. The molecule has 45 heavy (non-hydrogen) atoms. The first-order chi connectivity index (χ1) is 21.3. The average molecular weight is 607 g/mol. The number of allylic oxidation sites excluding steroid dienone is 2. The van der Waals surface area contributed by atoms with Crippen LogP contribution in [0.3, 0.4) is 0 Å². The van der Waals surface area contributed by atoms with Gasteiger partial charge in [0.15, 0.2) is 0 Å². The van der Waals surface area contributed by atoms with E-state index in [4.69, 9.17) is 0 Å². The van der Waals surface area contributed by atoms with Crippen molar-refractivity contribution in [3.63, 3.8) is 0 Å². The van der Waals surface area contributed by atoms with Gasteiger partial charge in [-0.2, -0.15) is 0 Å². The highest BCUT2D eigenvalue weighted by molar-refractivity contribution is 7.09. The zero-order valence-electron chi connectivity index (χ0n) is 29.2. The van der Waals surface area contributed by atoms with Gasteiger partial charge in [0.05, 0.1) is 0 Å². The summed E-state index contributed by atoms with van der Waals surface area (Å²) in [7, 11) is -2.22. The van der Waals surface area contributed by atoms with E-state index in [9.17, 15) is 0 Å². The van der Waals surface area contributed by atoms with Crippen molar-refractivity contribution in [2.24, 2.45) is 0 Å². The smallest absolute Gasteiger partial charge is 0.0617 e. The lowest BCUT2D eigenvalue weighted by Crippen LogP contribution is -2.32. The van der Waals surface area contributed by atoms with Crippen LogP contribution < -0.4 is 0 Å². The van der Waals surface area contributed by atoms with Crippen LogP contribution in [0, 0.1) is 12.8 Å². The number of benzene rings is 4. The Morgan fingerprint density at radius 2 is 0.844 bits per heavy atom. The summed E-state index contributed by atoms with van der Waals surface area (Å²) >= 11 is 0. The Morgan fingerprint density at radius 1 is 0.489 bits per heavy atom. The minimum absolute atomic E-state index is 0.139. The molecule has 0 N–H and O–H groups in total. The van der Waals surface area contributed by atoms with Gasteiger partial charge in [-0.25, -0.2) is 0 Å². The van der Waals surface area contributed by atoms with Gasteiger partial charge in [0, 0.05) is 12.8 Å². The van der Waals surface area contributed by atoms with Crippen molar-refractivity contribution in [1.29, 1.82) is 0 Å². The minimum Gasteiger partial charge on any atom is -0.0617 e. The first-order valence-corrected chi connectivity index (χ1v) is 19.9. The van der Waals surface area contributed by atoms with Gasteiger partial charge < -0.3 is 0 Å². The largest absolute Gasteiger partial charge is 0.113 e. The molecule has 2 aliphatic rings. The Morgan fingerprint density at radius 3 is 1.16 bits per heavy atom. The summed E-state index contributed by atoms with van der Waals surface area (Å²) < 4.78 is 0. The molecule has 0 bridgehead atoms. The van der Waals surface area contributed by atoms with Crippen LogP contribution in [0.15, 0.2) is 96.1 Å². The lowest BCUT2D eigenvalue weighted by Gasteiger charge is -2.33. The van der Waals surface area contributed by atoms with Gasteiger partial charge in [0.25, 0.3) is 0 Å². The fourth-order valence-electron chi connectivity index (χ4n) is 7.67. The van der Waals surface area contributed by atoms with Crippen molar-refractivity contribution in [2.75, 3.05) is 0 Å². The molecule has 2 radical (unpaired) electrons. The third kappa shape index (κ3) is 5.52. The normalized spacial score (nSPS) is 15.2. The van der Waals surface area contributed by atoms with E-state index < -0.39 is 8.07 Å². The lowest BCUT2D eigenvalue weighted by atomic mass is 9.86. The van der Waals surface area contributed by atoms with Crippen molar-refractivity contribution in [1.82, 2.24) is 0 Å². The van der Waals surface area contributed by atoms with E-state index in [0.29, 0.717) is 0 Å². The zero-order chi connectivity index (χ0) is 32.3. The monoisotopic (exact) mass is 606 g/mol. The molecule has 1 heteroatoms. The van der Waals surface area contributed by atoms with E-state index in [-0.39, 0.29) is 10.8 Å². The van der Waals surface area contributed by atoms with Gasteiger partial charge in [-0.15, -0.1) is 0 Å². The number of hydrogen-bond donors (Lipinski definition) is 0. The molecule has 230 valence electrons. The summed E-state index contributed by atoms with van der Waals surface area (Å²) in [5.41, 5.74) is 17.1. The maximum Gasteiger partial charge on any atom is 0.113 e. The maximum atomic E-state index is 2.62. The summed E-state index contributed by atoms with van der Waals surface area (Å²) in [6.45, 7) is 23.7. The molecular weight excluding hydrogens is 557 g/mol. The van der Waals surface area contributed by atoms with Crippen molar-refractivity contribution in [2.45, 2.75) is 92.2 Å². The van der Waals surface area contributed by atoms with Gasteiger partial charge in [0.2, 0.25) is 0 Å². The Kier molecular flexibility index (Phi) is 8.01. The van der Waals surface area contributed by atoms with Crippen LogP contribution >= 0.6 is 0 Å². The Balaban J connectivity index is 1.52. The molecule has 0 nitrogen and oxygen atoms in total. The van der Waals surface area contributed by atoms with E-state index in [1.54, 1.807) is 10.4 Å². The fourth-order valence-corrected chi connectivity index (χ4v) is 11.8. The molecule has 0 aromatic heterocycles.